The highest BCUT2D eigenvalue weighted by atomic mass is 16.5. The average molecular weight is 309 g/mol. The molecule has 0 radical (unpaired) electrons. The molecule has 4 nitrogen and oxygen atoms in total. The molecule has 23 heavy (non-hydrogen) atoms. The highest BCUT2D eigenvalue weighted by Crippen LogP contribution is 2.60. The van der Waals surface area contributed by atoms with Gasteiger partial charge in [-0.2, -0.15) is 4.98 Å². The van der Waals surface area contributed by atoms with Gasteiger partial charge in [0.2, 0.25) is 5.89 Å². The van der Waals surface area contributed by atoms with Gasteiger partial charge in [-0.25, -0.2) is 0 Å². The summed E-state index contributed by atoms with van der Waals surface area (Å²) in [6, 6.07) is 6.02. The summed E-state index contributed by atoms with van der Waals surface area (Å²) in [4.78, 5) is 9.17. The number of aryl methyl sites for hydroxylation is 2. The van der Waals surface area contributed by atoms with Crippen LogP contribution in [0.1, 0.15) is 55.9 Å². The molecule has 0 aliphatic heterocycles. The van der Waals surface area contributed by atoms with Crippen molar-refractivity contribution >= 4 is 0 Å². The molecule has 0 unspecified atom stereocenters. The van der Waals surface area contributed by atoms with Gasteiger partial charge < -0.3 is 4.52 Å². The van der Waals surface area contributed by atoms with E-state index in [9.17, 15) is 0 Å². The minimum Gasteiger partial charge on any atom is -0.339 e. The van der Waals surface area contributed by atoms with E-state index in [2.05, 4.69) is 16.2 Å². The summed E-state index contributed by atoms with van der Waals surface area (Å²) in [6.45, 7) is 0. The third-order valence-electron chi connectivity index (χ3n) is 6.30. The van der Waals surface area contributed by atoms with E-state index in [1.807, 2.05) is 18.3 Å². The van der Waals surface area contributed by atoms with Gasteiger partial charge in [0.05, 0.1) is 0 Å². The van der Waals surface area contributed by atoms with Gasteiger partial charge in [-0.15, -0.1) is 0 Å². The third-order valence-corrected chi connectivity index (χ3v) is 6.30. The number of pyridine rings is 1. The quantitative estimate of drug-likeness (QED) is 0.864. The van der Waals surface area contributed by atoms with Gasteiger partial charge in [-0.05, 0) is 74.8 Å². The second-order valence-electron chi connectivity index (χ2n) is 8.03. The maximum absolute atomic E-state index is 5.59. The first-order valence-electron chi connectivity index (χ1n) is 9.02. The van der Waals surface area contributed by atoms with Crippen molar-refractivity contribution < 1.29 is 4.52 Å². The molecular formula is C19H23N3O. The number of hydrogen-bond donors (Lipinski definition) is 0. The van der Waals surface area contributed by atoms with Crippen LogP contribution in [-0.4, -0.2) is 15.1 Å². The van der Waals surface area contributed by atoms with Crippen LogP contribution in [0.3, 0.4) is 0 Å². The highest BCUT2D eigenvalue weighted by molar-refractivity contribution is 5.16. The normalized spacial score (nSPS) is 34.9. The number of aromatic nitrogens is 3. The largest absolute Gasteiger partial charge is 0.339 e. The monoisotopic (exact) mass is 309 g/mol. The molecule has 2 aromatic heterocycles. The van der Waals surface area contributed by atoms with Crippen LogP contribution in [0.4, 0.5) is 0 Å². The zero-order valence-corrected chi connectivity index (χ0v) is 13.4. The van der Waals surface area contributed by atoms with E-state index in [4.69, 9.17) is 9.51 Å². The molecule has 2 aromatic rings. The first kappa shape index (κ1) is 13.7. The first-order chi connectivity index (χ1) is 11.3. The predicted octanol–water partition coefficient (Wildman–Crippen LogP) is 3.72. The molecule has 120 valence electrons. The van der Waals surface area contributed by atoms with Gasteiger partial charge in [0.25, 0.3) is 0 Å². The van der Waals surface area contributed by atoms with Crippen LogP contribution < -0.4 is 0 Å². The zero-order chi connectivity index (χ0) is 15.3. The lowest BCUT2D eigenvalue weighted by Crippen LogP contribution is -2.49. The summed E-state index contributed by atoms with van der Waals surface area (Å²) < 4.78 is 5.59. The Bertz CT molecular complexity index is 658. The molecule has 0 N–H and O–H groups in total. The van der Waals surface area contributed by atoms with E-state index in [-0.39, 0.29) is 5.41 Å². The van der Waals surface area contributed by atoms with Gasteiger partial charge in [0.1, 0.15) is 0 Å². The fourth-order valence-corrected chi connectivity index (χ4v) is 5.74. The molecule has 4 aliphatic carbocycles. The highest BCUT2D eigenvalue weighted by Gasteiger charge is 2.53. The summed E-state index contributed by atoms with van der Waals surface area (Å²) in [6.07, 6.45) is 11.7. The second-order valence-corrected chi connectivity index (χ2v) is 8.03. The molecule has 4 bridgehead atoms. The smallest absolute Gasteiger partial charge is 0.227 e. The maximum Gasteiger partial charge on any atom is 0.227 e. The van der Waals surface area contributed by atoms with E-state index >= 15 is 0 Å². The Balaban J connectivity index is 1.33. The molecule has 4 saturated carbocycles. The van der Waals surface area contributed by atoms with Gasteiger partial charge in [0, 0.05) is 23.7 Å². The van der Waals surface area contributed by atoms with E-state index < -0.39 is 0 Å². The molecule has 6 rings (SSSR count). The van der Waals surface area contributed by atoms with Crippen molar-refractivity contribution in [2.24, 2.45) is 17.8 Å². The van der Waals surface area contributed by atoms with Crippen LogP contribution in [0.5, 0.6) is 0 Å². The van der Waals surface area contributed by atoms with Gasteiger partial charge >= 0.3 is 0 Å². The summed E-state index contributed by atoms with van der Waals surface area (Å²) in [5, 5.41) is 4.41. The molecule has 4 aliphatic rings. The van der Waals surface area contributed by atoms with Crippen LogP contribution in [-0.2, 0) is 18.3 Å². The average Bonchev–Trinajstić information content (AvgIpc) is 3.02. The molecule has 2 heterocycles. The molecule has 4 fully saturated rings. The first-order valence-corrected chi connectivity index (χ1v) is 9.02. The van der Waals surface area contributed by atoms with Crippen LogP contribution in [0.2, 0.25) is 0 Å². The van der Waals surface area contributed by atoms with Crippen LogP contribution >= 0.6 is 0 Å². The van der Waals surface area contributed by atoms with Crippen LogP contribution in [0.15, 0.2) is 28.9 Å². The summed E-state index contributed by atoms with van der Waals surface area (Å²) in [5.74, 6) is 4.53. The molecule has 0 amide bonds. The minimum atomic E-state index is 0.238. The van der Waals surface area contributed by atoms with Crippen molar-refractivity contribution in [3.63, 3.8) is 0 Å². The van der Waals surface area contributed by atoms with E-state index in [1.165, 1.54) is 38.5 Å². The fourth-order valence-electron chi connectivity index (χ4n) is 5.74. The molecular weight excluding hydrogens is 286 g/mol. The third kappa shape index (κ3) is 2.39. The summed E-state index contributed by atoms with van der Waals surface area (Å²) >= 11 is 0. The molecule has 0 aromatic carbocycles. The Morgan fingerprint density at radius 3 is 2.39 bits per heavy atom. The molecule has 4 heteroatoms. The van der Waals surface area contributed by atoms with E-state index in [0.717, 1.165) is 48.0 Å². The predicted molar refractivity (Wildman–Crippen MR) is 85.8 cm³/mol. The summed E-state index contributed by atoms with van der Waals surface area (Å²) in [7, 11) is 0. The Morgan fingerprint density at radius 2 is 1.74 bits per heavy atom. The Labute approximate surface area is 136 Å². The van der Waals surface area contributed by atoms with Gasteiger partial charge in [-0.3, -0.25) is 4.98 Å². The van der Waals surface area contributed by atoms with Crippen molar-refractivity contribution in [3.8, 4) is 0 Å². The SMILES string of the molecule is c1ccc(CCc2nc(C34CC5CC(CC(C5)C3)C4)no2)nc1. The standard InChI is InChI=1S/C19H23N3O/c1-2-6-20-16(3-1)4-5-17-21-18(22-23-17)19-10-13-7-14(11-19)9-15(8-13)12-19/h1-3,6,13-15H,4-5,7-12H2. The van der Waals surface area contributed by atoms with Crippen molar-refractivity contribution in [1.29, 1.82) is 0 Å². The summed E-state index contributed by atoms with van der Waals surface area (Å²) in [5.41, 5.74) is 1.32. The van der Waals surface area contributed by atoms with Gasteiger partial charge in [0.15, 0.2) is 5.82 Å². The van der Waals surface area contributed by atoms with Crippen molar-refractivity contribution in [1.82, 2.24) is 15.1 Å². The topological polar surface area (TPSA) is 51.8 Å². The van der Waals surface area contributed by atoms with Crippen molar-refractivity contribution in [2.75, 3.05) is 0 Å². The lowest BCUT2D eigenvalue weighted by atomic mass is 9.49. The van der Waals surface area contributed by atoms with Gasteiger partial charge in [-0.1, -0.05) is 11.2 Å². The van der Waals surface area contributed by atoms with E-state index in [0.29, 0.717) is 0 Å². The number of nitrogens with zero attached hydrogens (tertiary/aromatic N) is 3. The molecule has 0 spiro atoms. The van der Waals surface area contributed by atoms with Crippen molar-refractivity contribution in [2.45, 2.75) is 56.8 Å². The Kier molecular flexibility index (Phi) is 3.07. The fraction of sp³-hybridized carbons (Fsp3) is 0.632. The Hall–Kier alpha value is -1.71. The van der Waals surface area contributed by atoms with Crippen LogP contribution in [0, 0.1) is 17.8 Å². The number of hydrogen-bond acceptors (Lipinski definition) is 4. The zero-order valence-electron chi connectivity index (χ0n) is 13.4. The second kappa shape index (κ2) is 5.15. The lowest BCUT2D eigenvalue weighted by molar-refractivity contribution is -0.0103. The molecule has 0 saturated heterocycles. The number of rotatable bonds is 4. The Morgan fingerprint density at radius 1 is 1.00 bits per heavy atom. The van der Waals surface area contributed by atoms with Crippen molar-refractivity contribution in [3.05, 3.63) is 41.8 Å². The van der Waals surface area contributed by atoms with Crippen LogP contribution in [0.25, 0.3) is 0 Å². The molecule has 0 atom stereocenters. The van der Waals surface area contributed by atoms with E-state index in [1.54, 1.807) is 0 Å². The maximum atomic E-state index is 5.59. The minimum absolute atomic E-state index is 0.238. The lowest BCUT2D eigenvalue weighted by Gasteiger charge is -2.55.